The van der Waals surface area contributed by atoms with Crippen LogP contribution in [0.5, 0.6) is 0 Å². The third-order valence-corrected chi connectivity index (χ3v) is 4.92. The van der Waals surface area contributed by atoms with Gasteiger partial charge in [-0.1, -0.05) is 42.4 Å². The average molecular weight is 228 g/mol. The lowest BCUT2D eigenvalue weighted by Crippen LogP contribution is -2.05. The zero-order valence-electron chi connectivity index (χ0n) is 7.70. The van der Waals surface area contributed by atoms with Crippen LogP contribution in [0.25, 0.3) is 0 Å². The second-order valence-corrected chi connectivity index (χ2v) is 7.69. The molecule has 0 aliphatic heterocycles. The Morgan fingerprint density at radius 3 is 2.42 bits per heavy atom. The summed E-state index contributed by atoms with van der Waals surface area (Å²) < 4.78 is 19.0. The molecule has 74 valence electrons. The molecule has 2 nitrogen and oxygen atoms in total. The molecule has 0 saturated carbocycles. The molecule has 0 fully saturated rings. The van der Waals surface area contributed by atoms with Crippen LogP contribution in [0.2, 0.25) is 0 Å². The summed E-state index contributed by atoms with van der Waals surface area (Å²) in [4.78, 5) is 0. The molecule has 5 heteroatoms. The normalized spacial score (nSPS) is 14.7. The van der Waals surface area contributed by atoms with Gasteiger partial charge in [0.05, 0.1) is 5.75 Å². The van der Waals surface area contributed by atoms with Crippen LogP contribution in [0.3, 0.4) is 0 Å². The Bertz CT molecular complexity index is 142. The van der Waals surface area contributed by atoms with Crippen molar-refractivity contribution in [1.82, 2.24) is 0 Å². The Hall–Kier alpha value is 0.810. The smallest absolute Gasteiger partial charge is 0.152 e. The summed E-state index contributed by atoms with van der Waals surface area (Å²) in [7, 11) is 3.59. The van der Waals surface area contributed by atoms with Crippen molar-refractivity contribution < 1.29 is 8.76 Å². The van der Waals surface area contributed by atoms with Gasteiger partial charge in [0, 0.05) is 10.5 Å². The minimum atomic E-state index is -1.61. The zero-order chi connectivity index (χ0) is 9.61. The molecular formula is C7H16O2S3. The predicted molar refractivity (Wildman–Crippen MR) is 60.1 cm³/mol. The molecule has 1 atom stereocenters. The Morgan fingerprint density at radius 1 is 1.42 bits per heavy atom. The van der Waals surface area contributed by atoms with Gasteiger partial charge < -0.3 is 4.55 Å². The molecule has 12 heavy (non-hydrogen) atoms. The van der Waals surface area contributed by atoms with E-state index < -0.39 is 11.1 Å². The highest BCUT2D eigenvalue weighted by molar-refractivity contribution is 8.77. The van der Waals surface area contributed by atoms with E-state index in [-0.39, 0.29) is 4.75 Å². The molecular weight excluding hydrogens is 212 g/mol. The van der Waals surface area contributed by atoms with E-state index in [0.29, 0.717) is 5.75 Å². The lowest BCUT2D eigenvalue weighted by atomic mass is 10.3. The van der Waals surface area contributed by atoms with Crippen LogP contribution in [-0.4, -0.2) is 25.0 Å². The Labute approximate surface area is 85.0 Å². The molecule has 0 radical (unpaired) electrons. The Kier molecular flexibility index (Phi) is 6.72. The molecule has 0 heterocycles. The summed E-state index contributed by atoms with van der Waals surface area (Å²) >= 11 is -1.61. The number of hydrogen-bond acceptors (Lipinski definition) is 3. The van der Waals surface area contributed by atoms with Gasteiger partial charge >= 0.3 is 0 Å². The van der Waals surface area contributed by atoms with Crippen molar-refractivity contribution in [2.24, 2.45) is 0 Å². The van der Waals surface area contributed by atoms with Crippen LogP contribution in [0, 0.1) is 0 Å². The van der Waals surface area contributed by atoms with Crippen LogP contribution < -0.4 is 0 Å². The molecule has 0 aliphatic rings. The van der Waals surface area contributed by atoms with Gasteiger partial charge in [0.1, 0.15) is 0 Å². The molecule has 1 unspecified atom stereocenters. The van der Waals surface area contributed by atoms with Crippen LogP contribution in [0.4, 0.5) is 0 Å². The highest BCUT2D eigenvalue weighted by Gasteiger charge is 2.10. The first-order chi connectivity index (χ1) is 5.42. The lowest BCUT2D eigenvalue weighted by Gasteiger charge is -2.15. The van der Waals surface area contributed by atoms with Crippen molar-refractivity contribution in [1.29, 1.82) is 0 Å². The first-order valence-electron chi connectivity index (χ1n) is 3.80. The summed E-state index contributed by atoms with van der Waals surface area (Å²) in [6, 6.07) is 0. The van der Waals surface area contributed by atoms with Gasteiger partial charge in [0.15, 0.2) is 11.1 Å². The van der Waals surface area contributed by atoms with E-state index in [1.165, 1.54) is 0 Å². The first-order valence-corrected chi connectivity index (χ1v) is 7.39. The van der Waals surface area contributed by atoms with E-state index >= 15 is 0 Å². The number of rotatable bonds is 5. The monoisotopic (exact) mass is 228 g/mol. The molecule has 0 aliphatic carbocycles. The largest absolute Gasteiger partial charge is 0.306 e. The molecule has 0 aromatic carbocycles. The van der Waals surface area contributed by atoms with Gasteiger partial charge in [0.2, 0.25) is 0 Å². The second-order valence-electron chi connectivity index (χ2n) is 3.40. The van der Waals surface area contributed by atoms with E-state index in [4.69, 9.17) is 4.55 Å². The molecule has 0 spiro atoms. The van der Waals surface area contributed by atoms with Crippen LogP contribution >= 0.6 is 21.6 Å². The zero-order valence-corrected chi connectivity index (χ0v) is 10.2. The van der Waals surface area contributed by atoms with Crippen molar-refractivity contribution in [3.8, 4) is 0 Å². The van der Waals surface area contributed by atoms with Crippen molar-refractivity contribution >= 4 is 32.7 Å². The third-order valence-electron chi connectivity index (χ3n) is 0.856. The van der Waals surface area contributed by atoms with Gasteiger partial charge in [-0.25, -0.2) is 4.21 Å². The van der Waals surface area contributed by atoms with Crippen LogP contribution in [0.1, 0.15) is 27.2 Å². The Morgan fingerprint density at radius 2 is 2.00 bits per heavy atom. The predicted octanol–water partition coefficient (Wildman–Crippen LogP) is 2.78. The van der Waals surface area contributed by atoms with Gasteiger partial charge in [-0.3, -0.25) is 0 Å². The van der Waals surface area contributed by atoms with E-state index in [2.05, 4.69) is 20.8 Å². The molecule has 0 saturated heterocycles. The Balaban J connectivity index is 3.17. The number of hydrogen-bond donors (Lipinski definition) is 1. The van der Waals surface area contributed by atoms with E-state index in [1.54, 1.807) is 10.8 Å². The fraction of sp³-hybridized carbons (Fsp3) is 1.00. The summed E-state index contributed by atoms with van der Waals surface area (Å²) in [5.41, 5.74) is 0. The lowest BCUT2D eigenvalue weighted by molar-refractivity contribution is 0.563. The summed E-state index contributed by atoms with van der Waals surface area (Å²) in [6.45, 7) is 6.48. The van der Waals surface area contributed by atoms with Gasteiger partial charge in [-0.05, 0) is 6.42 Å². The topological polar surface area (TPSA) is 37.3 Å². The van der Waals surface area contributed by atoms with E-state index in [9.17, 15) is 4.21 Å². The van der Waals surface area contributed by atoms with Crippen molar-refractivity contribution in [2.75, 3.05) is 11.5 Å². The van der Waals surface area contributed by atoms with Crippen LogP contribution in [-0.2, 0) is 11.1 Å². The molecule has 0 amide bonds. The van der Waals surface area contributed by atoms with Crippen molar-refractivity contribution in [2.45, 2.75) is 31.9 Å². The molecule has 0 rings (SSSR count). The standard InChI is InChI=1S/C7H16O2S3/c1-7(2,3)11-10-5-4-6-12(8)9/h4-6H2,1-3H3,(H,8,9). The molecule has 0 aromatic rings. The van der Waals surface area contributed by atoms with Crippen LogP contribution in [0.15, 0.2) is 0 Å². The highest BCUT2D eigenvalue weighted by atomic mass is 33.1. The SMILES string of the molecule is CC(C)(C)SSCCCS(=O)O. The highest BCUT2D eigenvalue weighted by Crippen LogP contribution is 2.35. The van der Waals surface area contributed by atoms with E-state index in [1.807, 2.05) is 10.8 Å². The minimum absolute atomic E-state index is 0.281. The minimum Gasteiger partial charge on any atom is -0.306 e. The average Bonchev–Trinajstić information content (AvgIpc) is 1.83. The maximum Gasteiger partial charge on any atom is 0.152 e. The first kappa shape index (κ1) is 12.8. The molecule has 0 bridgehead atoms. The van der Waals surface area contributed by atoms with Crippen molar-refractivity contribution in [3.05, 3.63) is 0 Å². The van der Waals surface area contributed by atoms with Gasteiger partial charge in [0.25, 0.3) is 0 Å². The maximum atomic E-state index is 10.3. The molecule has 0 aromatic heterocycles. The summed E-state index contributed by atoms with van der Waals surface area (Å²) in [5.74, 6) is 1.35. The quantitative estimate of drug-likeness (QED) is 0.446. The van der Waals surface area contributed by atoms with Crippen molar-refractivity contribution in [3.63, 3.8) is 0 Å². The summed E-state index contributed by atoms with van der Waals surface area (Å²) in [5, 5.41) is 0. The fourth-order valence-corrected chi connectivity index (χ4v) is 3.40. The second kappa shape index (κ2) is 6.29. The maximum absolute atomic E-state index is 10.3. The molecule has 1 N–H and O–H groups in total. The van der Waals surface area contributed by atoms with Gasteiger partial charge in [-0.15, -0.1) is 0 Å². The van der Waals surface area contributed by atoms with Gasteiger partial charge in [-0.2, -0.15) is 0 Å². The fourth-order valence-electron chi connectivity index (χ4n) is 0.460. The summed E-state index contributed by atoms with van der Waals surface area (Å²) in [6.07, 6.45) is 0.816. The third kappa shape index (κ3) is 10.8. The van der Waals surface area contributed by atoms with E-state index in [0.717, 1.165) is 12.2 Å².